The van der Waals surface area contributed by atoms with Gasteiger partial charge >= 0.3 is 0 Å². The van der Waals surface area contributed by atoms with E-state index in [1.807, 2.05) is 6.20 Å². The molecule has 3 saturated heterocycles. The molecule has 29 heavy (non-hydrogen) atoms. The molecule has 0 aliphatic carbocycles. The van der Waals surface area contributed by atoms with E-state index in [9.17, 15) is 9.18 Å². The molecule has 2 N–H and O–H groups in total. The van der Waals surface area contributed by atoms with Crippen LogP contribution >= 0.6 is 0 Å². The predicted molar refractivity (Wildman–Crippen MR) is 106 cm³/mol. The zero-order valence-corrected chi connectivity index (χ0v) is 16.4. The van der Waals surface area contributed by atoms with Crippen LogP contribution in [0.5, 0.6) is 0 Å². The fraction of sp³-hybridized carbons (Fsp3) is 0.545. The lowest BCUT2D eigenvalue weighted by Gasteiger charge is -2.29. The largest absolute Gasteiger partial charge is 0.370 e. The number of amides is 1. The van der Waals surface area contributed by atoms with E-state index in [2.05, 4.69) is 20.2 Å². The van der Waals surface area contributed by atoms with Gasteiger partial charge in [0.05, 0.1) is 18.1 Å². The molecule has 1 spiro atoms. The second kappa shape index (κ2) is 7.54. The Kier molecular flexibility index (Phi) is 4.87. The number of nitrogens with zero attached hydrogens (tertiary/aromatic N) is 2. The lowest BCUT2D eigenvalue weighted by molar-refractivity contribution is -0.120. The summed E-state index contributed by atoms with van der Waals surface area (Å²) >= 11 is 0. The average Bonchev–Trinajstić information content (AvgIpc) is 3.47. The van der Waals surface area contributed by atoms with Crippen LogP contribution in [0.3, 0.4) is 0 Å². The zero-order valence-electron chi connectivity index (χ0n) is 16.4. The topological polar surface area (TPSA) is 70.2 Å². The molecule has 1 aromatic carbocycles. The van der Waals surface area contributed by atoms with Gasteiger partial charge in [-0.2, -0.15) is 0 Å². The molecule has 1 amide bonds. The van der Waals surface area contributed by atoms with Crippen LogP contribution in [0.15, 0.2) is 36.7 Å². The van der Waals surface area contributed by atoms with Crippen LogP contribution in [-0.4, -0.2) is 58.7 Å². The van der Waals surface area contributed by atoms with Crippen molar-refractivity contribution in [2.24, 2.45) is 11.8 Å². The van der Waals surface area contributed by atoms with Crippen LogP contribution in [0.25, 0.3) is 0 Å². The first-order valence-electron chi connectivity index (χ1n) is 10.5. The molecule has 4 atom stereocenters. The highest BCUT2D eigenvalue weighted by molar-refractivity contribution is 5.78. The molecule has 154 valence electrons. The predicted octanol–water partition coefficient (Wildman–Crippen LogP) is 1.93. The number of imidazole rings is 1. The van der Waals surface area contributed by atoms with E-state index in [1.165, 1.54) is 6.07 Å². The van der Waals surface area contributed by atoms with E-state index < -0.39 is 0 Å². The summed E-state index contributed by atoms with van der Waals surface area (Å²) in [5.41, 5.74) is 0.394. The Balaban J connectivity index is 1.17. The van der Waals surface area contributed by atoms with Gasteiger partial charge in [0.15, 0.2) is 0 Å². The third-order valence-corrected chi connectivity index (χ3v) is 6.92. The first-order valence-corrected chi connectivity index (χ1v) is 10.5. The standard InChI is InChI=1S/C22H27FN4O2/c23-18-4-2-1-3-15(18)11-21(28)26-12-16-17-13-27(10-6-20-24-8-9-25-20)14-22(17)7-5-19(16)29-22/h1-4,8-9,16-17,19H,5-7,10-14H2,(H,24,25)(H,26,28)/t16-,17+,19+,22+/m0/s1. The second-order valence-electron chi connectivity index (χ2n) is 8.62. The monoisotopic (exact) mass is 398 g/mol. The van der Waals surface area contributed by atoms with E-state index >= 15 is 0 Å². The van der Waals surface area contributed by atoms with Crippen LogP contribution in [0.4, 0.5) is 4.39 Å². The number of aromatic amines is 1. The summed E-state index contributed by atoms with van der Waals surface area (Å²) in [6.45, 7) is 3.54. The summed E-state index contributed by atoms with van der Waals surface area (Å²) in [5.74, 6) is 1.35. The number of benzene rings is 1. The maximum Gasteiger partial charge on any atom is 0.224 e. The van der Waals surface area contributed by atoms with Gasteiger partial charge in [0, 0.05) is 56.8 Å². The van der Waals surface area contributed by atoms with Gasteiger partial charge in [0.25, 0.3) is 0 Å². The van der Waals surface area contributed by atoms with E-state index in [0.29, 0.717) is 23.9 Å². The van der Waals surface area contributed by atoms with Crippen molar-refractivity contribution in [2.45, 2.75) is 37.4 Å². The Morgan fingerprint density at radius 2 is 2.31 bits per heavy atom. The molecule has 7 heteroatoms. The Labute approximate surface area is 169 Å². The number of carbonyl (C=O) groups is 1. The molecule has 2 aromatic rings. The van der Waals surface area contributed by atoms with Crippen LogP contribution < -0.4 is 5.32 Å². The van der Waals surface area contributed by atoms with Crippen molar-refractivity contribution in [3.63, 3.8) is 0 Å². The van der Waals surface area contributed by atoms with Gasteiger partial charge in [0.1, 0.15) is 11.6 Å². The minimum absolute atomic E-state index is 0.0469. The molecular weight excluding hydrogens is 371 g/mol. The van der Waals surface area contributed by atoms with Gasteiger partial charge in [-0.3, -0.25) is 9.69 Å². The Bertz CT molecular complexity index is 873. The van der Waals surface area contributed by atoms with Crippen LogP contribution in [0.2, 0.25) is 0 Å². The fourth-order valence-corrected chi connectivity index (χ4v) is 5.54. The fourth-order valence-electron chi connectivity index (χ4n) is 5.54. The molecule has 4 heterocycles. The van der Waals surface area contributed by atoms with Gasteiger partial charge < -0.3 is 15.0 Å². The first kappa shape index (κ1) is 18.8. The Morgan fingerprint density at radius 1 is 1.41 bits per heavy atom. The number of ether oxygens (including phenoxy) is 1. The number of fused-ring (bicyclic) bond motifs is 1. The molecule has 1 aromatic heterocycles. The number of hydrogen-bond donors (Lipinski definition) is 2. The molecule has 5 rings (SSSR count). The average molecular weight is 398 g/mol. The number of aromatic nitrogens is 2. The number of H-pyrrole nitrogens is 1. The van der Waals surface area contributed by atoms with Crippen molar-refractivity contribution >= 4 is 5.91 Å². The van der Waals surface area contributed by atoms with Crippen LogP contribution in [0.1, 0.15) is 24.2 Å². The number of hydrogen-bond acceptors (Lipinski definition) is 4. The van der Waals surface area contributed by atoms with Crippen molar-refractivity contribution < 1.29 is 13.9 Å². The maximum atomic E-state index is 13.8. The normalized spacial score (nSPS) is 30.6. The maximum absolute atomic E-state index is 13.8. The van der Waals surface area contributed by atoms with E-state index in [1.54, 1.807) is 24.4 Å². The summed E-state index contributed by atoms with van der Waals surface area (Å²) < 4.78 is 20.3. The van der Waals surface area contributed by atoms with Crippen molar-refractivity contribution in [2.75, 3.05) is 26.2 Å². The number of halogens is 1. The highest BCUT2D eigenvalue weighted by Crippen LogP contribution is 2.54. The van der Waals surface area contributed by atoms with Crippen molar-refractivity contribution in [3.05, 3.63) is 53.9 Å². The van der Waals surface area contributed by atoms with Gasteiger partial charge in [0.2, 0.25) is 5.91 Å². The highest BCUT2D eigenvalue weighted by Gasteiger charge is 2.62. The molecule has 0 radical (unpaired) electrons. The molecule has 0 unspecified atom stereocenters. The van der Waals surface area contributed by atoms with E-state index in [-0.39, 0.29) is 29.9 Å². The van der Waals surface area contributed by atoms with Gasteiger partial charge in [-0.25, -0.2) is 9.37 Å². The molecular formula is C22H27FN4O2. The smallest absolute Gasteiger partial charge is 0.224 e. The number of carbonyl (C=O) groups excluding carboxylic acids is 1. The summed E-state index contributed by atoms with van der Waals surface area (Å²) in [7, 11) is 0. The number of nitrogens with one attached hydrogen (secondary N) is 2. The molecule has 3 fully saturated rings. The Morgan fingerprint density at radius 3 is 3.14 bits per heavy atom. The van der Waals surface area contributed by atoms with Gasteiger partial charge in [-0.1, -0.05) is 18.2 Å². The third-order valence-electron chi connectivity index (χ3n) is 6.92. The summed E-state index contributed by atoms with van der Waals surface area (Å²) in [6.07, 6.45) is 7.05. The zero-order chi connectivity index (χ0) is 19.8. The van der Waals surface area contributed by atoms with Gasteiger partial charge in [-0.05, 0) is 24.5 Å². The lowest BCUT2D eigenvalue weighted by atomic mass is 9.73. The lowest BCUT2D eigenvalue weighted by Crippen LogP contribution is -2.42. The minimum Gasteiger partial charge on any atom is -0.370 e. The molecule has 6 nitrogen and oxygen atoms in total. The molecule has 3 aliphatic heterocycles. The quantitative estimate of drug-likeness (QED) is 0.748. The SMILES string of the molecule is O=C(Cc1ccccc1F)NC[C@H]1[C@H]2CN(CCc3ncc[nH]3)C[C@]23CC[C@H]1O3. The van der Waals surface area contributed by atoms with Gasteiger partial charge in [-0.15, -0.1) is 0 Å². The molecule has 2 bridgehead atoms. The van der Waals surface area contributed by atoms with Crippen molar-refractivity contribution in [3.8, 4) is 0 Å². The third kappa shape index (κ3) is 3.57. The summed E-state index contributed by atoms with van der Waals surface area (Å²) in [6, 6.07) is 6.46. The highest BCUT2D eigenvalue weighted by atomic mass is 19.1. The summed E-state index contributed by atoms with van der Waals surface area (Å²) in [5, 5.41) is 3.04. The number of likely N-dealkylation sites (tertiary alicyclic amines) is 1. The Hall–Kier alpha value is -2.25. The van der Waals surface area contributed by atoms with E-state index in [4.69, 9.17) is 4.74 Å². The van der Waals surface area contributed by atoms with E-state index in [0.717, 1.165) is 44.7 Å². The van der Waals surface area contributed by atoms with Crippen LogP contribution in [-0.2, 0) is 22.4 Å². The first-order chi connectivity index (χ1) is 14.1. The molecule has 3 aliphatic rings. The van der Waals surface area contributed by atoms with Crippen molar-refractivity contribution in [1.29, 1.82) is 0 Å². The number of rotatable bonds is 7. The van der Waals surface area contributed by atoms with Crippen molar-refractivity contribution in [1.82, 2.24) is 20.2 Å². The minimum atomic E-state index is -0.326. The molecule has 0 saturated carbocycles. The van der Waals surface area contributed by atoms with Crippen LogP contribution in [0, 0.1) is 17.7 Å². The summed E-state index contributed by atoms with van der Waals surface area (Å²) in [4.78, 5) is 22.3. The second-order valence-corrected chi connectivity index (χ2v) is 8.62.